The van der Waals surface area contributed by atoms with Crippen LogP contribution in [0.25, 0.3) is 0 Å². The predicted octanol–water partition coefficient (Wildman–Crippen LogP) is 2.19. The molecule has 0 aliphatic heterocycles. The molecule has 0 unspecified atom stereocenters. The minimum atomic E-state index is 0. The highest BCUT2D eigenvalue weighted by molar-refractivity contribution is 5.85. The number of hydrogen-bond donors (Lipinski definition) is 1. The molecular weight excluding hydrogens is 158 g/mol. The molecule has 0 aromatic rings. The molecule has 1 atom stereocenters. The molecule has 0 aromatic heterocycles. The van der Waals surface area contributed by atoms with Crippen molar-refractivity contribution < 1.29 is 0 Å². The Hall–Kier alpha value is 0.250. The van der Waals surface area contributed by atoms with E-state index in [2.05, 4.69) is 6.92 Å². The van der Waals surface area contributed by atoms with Gasteiger partial charge in [0.2, 0.25) is 0 Å². The van der Waals surface area contributed by atoms with Crippen molar-refractivity contribution in [2.24, 2.45) is 23.5 Å². The van der Waals surface area contributed by atoms with Crippen molar-refractivity contribution in [1.29, 1.82) is 0 Å². The van der Waals surface area contributed by atoms with E-state index < -0.39 is 0 Å². The van der Waals surface area contributed by atoms with Gasteiger partial charge in [-0.1, -0.05) is 0 Å². The van der Waals surface area contributed by atoms with Crippen LogP contribution in [0.2, 0.25) is 0 Å². The first kappa shape index (κ1) is 9.34. The van der Waals surface area contributed by atoms with Crippen molar-refractivity contribution >= 4 is 12.4 Å². The number of rotatable bonds is 3. The highest BCUT2D eigenvalue weighted by Crippen LogP contribution is 2.50. The molecule has 0 aromatic carbocycles. The zero-order chi connectivity index (χ0) is 7.14. The normalized spacial score (nSPS) is 26.5. The molecular formula is C9H18ClN. The van der Waals surface area contributed by atoms with Crippen molar-refractivity contribution in [3.8, 4) is 0 Å². The molecule has 0 amide bonds. The molecule has 0 radical (unpaired) electrons. The molecule has 2 rings (SSSR count). The lowest BCUT2D eigenvalue weighted by atomic mass is 9.91. The van der Waals surface area contributed by atoms with Gasteiger partial charge in [0.05, 0.1) is 0 Å². The van der Waals surface area contributed by atoms with E-state index >= 15 is 0 Å². The summed E-state index contributed by atoms with van der Waals surface area (Å²) >= 11 is 0. The largest absolute Gasteiger partial charge is 0.328 e. The van der Waals surface area contributed by atoms with Crippen LogP contribution < -0.4 is 5.73 Å². The minimum Gasteiger partial charge on any atom is -0.328 e. The van der Waals surface area contributed by atoms with Crippen LogP contribution in [-0.4, -0.2) is 6.04 Å². The highest BCUT2D eigenvalue weighted by Gasteiger charge is 2.42. The fraction of sp³-hybridized carbons (Fsp3) is 1.00. The molecule has 2 heteroatoms. The van der Waals surface area contributed by atoms with Crippen LogP contribution in [0.1, 0.15) is 32.6 Å². The second-order valence-corrected chi connectivity index (χ2v) is 4.11. The Morgan fingerprint density at radius 3 is 1.64 bits per heavy atom. The van der Waals surface area contributed by atoms with Crippen LogP contribution in [0.5, 0.6) is 0 Å². The van der Waals surface area contributed by atoms with Gasteiger partial charge in [0, 0.05) is 6.04 Å². The van der Waals surface area contributed by atoms with Crippen molar-refractivity contribution in [3.05, 3.63) is 0 Å². The van der Waals surface area contributed by atoms with E-state index in [1.165, 1.54) is 25.7 Å². The molecule has 11 heavy (non-hydrogen) atoms. The van der Waals surface area contributed by atoms with Crippen LogP contribution >= 0.6 is 12.4 Å². The molecule has 2 fully saturated rings. The summed E-state index contributed by atoms with van der Waals surface area (Å²) in [6.07, 6.45) is 5.84. The molecule has 2 aliphatic rings. The van der Waals surface area contributed by atoms with E-state index in [0.29, 0.717) is 6.04 Å². The second kappa shape index (κ2) is 3.32. The topological polar surface area (TPSA) is 26.0 Å². The van der Waals surface area contributed by atoms with Gasteiger partial charge < -0.3 is 5.73 Å². The van der Waals surface area contributed by atoms with Crippen LogP contribution in [0.4, 0.5) is 0 Å². The quantitative estimate of drug-likeness (QED) is 0.700. The molecule has 0 heterocycles. The third-order valence-electron chi connectivity index (χ3n) is 2.94. The monoisotopic (exact) mass is 175 g/mol. The number of halogens is 1. The zero-order valence-electron chi connectivity index (χ0n) is 7.12. The second-order valence-electron chi connectivity index (χ2n) is 4.11. The molecule has 2 aliphatic carbocycles. The molecule has 0 saturated heterocycles. The fourth-order valence-electron chi connectivity index (χ4n) is 2.21. The Kier molecular flexibility index (Phi) is 2.82. The Balaban J connectivity index is 0.000000605. The third kappa shape index (κ3) is 2.09. The summed E-state index contributed by atoms with van der Waals surface area (Å²) in [6.45, 7) is 2.18. The Bertz CT molecular complexity index is 113. The summed E-state index contributed by atoms with van der Waals surface area (Å²) in [6, 6.07) is 0.458. The summed E-state index contributed by atoms with van der Waals surface area (Å²) < 4.78 is 0. The van der Waals surface area contributed by atoms with E-state index in [0.717, 1.165) is 17.8 Å². The summed E-state index contributed by atoms with van der Waals surface area (Å²) in [7, 11) is 0. The van der Waals surface area contributed by atoms with Crippen LogP contribution in [-0.2, 0) is 0 Å². The maximum absolute atomic E-state index is 5.92. The first-order valence-corrected chi connectivity index (χ1v) is 4.54. The van der Waals surface area contributed by atoms with Crippen molar-refractivity contribution in [2.75, 3.05) is 0 Å². The van der Waals surface area contributed by atoms with Crippen LogP contribution in [0.3, 0.4) is 0 Å². The molecule has 0 bridgehead atoms. The Morgan fingerprint density at radius 2 is 1.45 bits per heavy atom. The average molecular weight is 176 g/mol. The van der Waals surface area contributed by atoms with Gasteiger partial charge in [-0.05, 0) is 50.4 Å². The maximum Gasteiger partial charge on any atom is 0.00440 e. The van der Waals surface area contributed by atoms with Gasteiger partial charge in [-0.3, -0.25) is 0 Å². The molecule has 2 N–H and O–H groups in total. The zero-order valence-corrected chi connectivity index (χ0v) is 7.94. The lowest BCUT2D eigenvalue weighted by molar-refractivity contribution is 0.346. The van der Waals surface area contributed by atoms with E-state index in [1.54, 1.807) is 0 Å². The van der Waals surface area contributed by atoms with Crippen molar-refractivity contribution in [2.45, 2.75) is 38.6 Å². The summed E-state index contributed by atoms with van der Waals surface area (Å²) in [5, 5.41) is 0. The smallest absolute Gasteiger partial charge is 0.00440 e. The first-order valence-electron chi connectivity index (χ1n) is 4.54. The van der Waals surface area contributed by atoms with E-state index in [-0.39, 0.29) is 12.4 Å². The van der Waals surface area contributed by atoms with Gasteiger partial charge in [-0.2, -0.15) is 0 Å². The number of hydrogen-bond acceptors (Lipinski definition) is 1. The van der Waals surface area contributed by atoms with Crippen LogP contribution in [0.15, 0.2) is 0 Å². The van der Waals surface area contributed by atoms with Crippen molar-refractivity contribution in [3.63, 3.8) is 0 Å². The summed E-state index contributed by atoms with van der Waals surface area (Å²) in [4.78, 5) is 0. The molecule has 0 spiro atoms. The summed E-state index contributed by atoms with van der Waals surface area (Å²) in [5.41, 5.74) is 5.92. The summed E-state index contributed by atoms with van der Waals surface area (Å²) in [5.74, 6) is 2.93. The Labute approximate surface area is 75.1 Å². The highest BCUT2D eigenvalue weighted by atomic mass is 35.5. The average Bonchev–Trinajstić information content (AvgIpc) is 2.49. The van der Waals surface area contributed by atoms with Gasteiger partial charge in [-0.25, -0.2) is 0 Å². The minimum absolute atomic E-state index is 0. The van der Waals surface area contributed by atoms with Gasteiger partial charge in [0.1, 0.15) is 0 Å². The SMILES string of the molecule is C[C@H](N)C(C1CC1)C1CC1.Cl. The predicted molar refractivity (Wildman–Crippen MR) is 49.8 cm³/mol. The van der Waals surface area contributed by atoms with Crippen LogP contribution in [0, 0.1) is 17.8 Å². The molecule has 1 nitrogen and oxygen atoms in total. The van der Waals surface area contributed by atoms with E-state index in [4.69, 9.17) is 5.73 Å². The van der Waals surface area contributed by atoms with E-state index in [9.17, 15) is 0 Å². The molecule has 2 saturated carbocycles. The van der Waals surface area contributed by atoms with Gasteiger partial charge in [0.25, 0.3) is 0 Å². The fourth-order valence-corrected chi connectivity index (χ4v) is 2.21. The lowest BCUT2D eigenvalue weighted by Crippen LogP contribution is -2.29. The maximum atomic E-state index is 5.92. The van der Waals surface area contributed by atoms with Crippen molar-refractivity contribution in [1.82, 2.24) is 0 Å². The van der Waals surface area contributed by atoms with Gasteiger partial charge in [0.15, 0.2) is 0 Å². The van der Waals surface area contributed by atoms with Gasteiger partial charge in [-0.15, -0.1) is 12.4 Å². The standard InChI is InChI=1S/C9H17N.ClH/c1-6(10)9(7-2-3-7)8-4-5-8;/h6-9H,2-5,10H2,1H3;1H/t6-;/m0./s1. The van der Waals surface area contributed by atoms with Gasteiger partial charge >= 0.3 is 0 Å². The van der Waals surface area contributed by atoms with E-state index in [1.807, 2.05) is 0 Å². The first-order chi connectivity index (χ1) is 4.79. The Morgan fingerprint density at radius 1 is 1.09 bits per heavy atom. The molecule has 66 valence electrons. The third-order valence-corrected chi connectivity index (χ3v) is 2.94. The lowest BCUT2D eigenvalue weighted by Gasteiger charge is -2.19. The number of nitrogens with two attached hydrogens (primary N) is 1.